The van der Waals surface area contributed by atoms with Gasteiger partial charge in [-0.05, 0) is 17.5 Å². The molecule has 0 radical (unpaired) electrons. The van der Waals surface area contributed by atoms with E-state index in [1.54, 1.807) is 4.90 Å². The average molecular weight is 464 g/mol. The Morgan fingerprint density at radius 2 is 1.56 bits per heavy atom. The third-order valence-electron chi connectivity index (χ3n) is 6.25. The van der Waals surface area contributed by atoms with Gasteiger partial charge in [0.15, 0.2) is 0 Å². The van der Waals surface area contributed by atoms with Crippen LogP contribution in [-0.2, 0) is 36.9 Å². The van der Waals surface area contributed by atoms with Crippen molar-refractivity contribution >= 4 is 23.5 Å². The van der Waals surface area contributed by atoms with Crippen LogP contribution in [0, 0.1) is 0 Å². The number of likely N-dealkylation sites (tertiary alicyclic amines) is 1. The summed E-state index contributed by atoms with van der Waals surface area (Å²) < 4.78 is 5.28. The lowest BCUT2D eigenvalue weighted by Crippen LogP contribution is -2.55. The van der Waals surface area contributed by atoms with E-state index in [1.807, 2.05) is 60.7 Å². The topological polar surface area (TPSA) is 96.0 Å². The Kier molecular flexibility index (Phi) is 7.69. The predicted octanol–water partition coefficient (Wildman–Crippen LogP) is 1.33. The second-order valence-corrected chi connectivity index (χ2v) is 8.58. The van der Waals surface area contributed by atoms with Crippen LogP contribution in [0.15, 0.2) is 60.7 Å². The molecule has 0 aromatic heterocycles. The highest BCUT2D eigenvalue weighted by Crippen LogP contribution is 2.22. The van der Waals surface area contributed by atoms with E-state index in [4.69, 9.17) is 4.74 Å². The highest BCUT2D eigenvalue weighted by Gasteiger charge is 2.39. The average Bonchev–Trinajstić information content (AvgIpc) is 3.24. The number of ether oxygens (including phenoxy) is 1. The first-order valence-corrected chi connectivity index (χ1v) is 11.6. The fourth-order valence-corrected chi connectivity index (χ4v) is 4.38. The first-order valence-electron chi connectivity index (χ1n) is 11.6. The quantitative estimate of drug-likeness (QED) is 0.596. The molecule has 34 heavy (non-hydrogen) atoms. The van der Waals surface area contributed by atoms with Gasteiger partial charge in [0.05, 0.1) is 13.2 Å². The van der Waals surface area contributed by atoms with Gasteiger partial charge in [-0.15, -0.1) is 0 Å². The molecule has 1 unspecified atom stereocenters. The molecule has 2 aromatic rings. The number of Topliss-reactive ketones (excluding diaryl/α,β-unsaturated/α-hetero) is 1. The van der Waals surface area contributed by atoms with Crippen LogP contribution in [0.3, 0.4) is 0 Å². The molecule has 0 aliphatic carbocycles. The summed E-state index contributed by atoms with van der Waals surface area (Å²) in [6.07, 6.45) is 0.844. The number of amides is 3. The number of hydrogen-bond acceptors (Lipinski definition) is 5. The molecule has 8 nitrogen and oxygen atoms in total. The zero-order valence-electron chi connectivity index (χ0n) is 19.0. The number of carbonyl (C=O) groups is 4. The number of ketones is 1. The van der Waals surface area contributed by atoms with Crippen molar-refractivity contribution in [2.24, 2.45) is 0 Å². The molecule has 0 bridgehead atoms. The normalized spacial score (nSPS) is 19.1. The van der Waals surface area contributed by atoms with Crippen molar-refractivity contribution < 1.29 is 23.9 Å². The Hall–Kier alpha value is -3.52. The summed E-state index contributed by atoms with van der Waals surface area (Å²) in [7, 11) is 0. The molecule has 2 heterocycles. The van der Waals surface area contributed by atoms with Crippen LogP contribution in [0.25, 0.3) is 0 Å². The lowest BCUT2D eigenvalue weighted by atomic mass is 10.0. The minimum Gasteiger partial charge on any atom is -0.378 e. The highest BCUT2D eigenvalue weighted by molar-refractivity contribution is 6.38. The van der Waals surface area contributed by atoms with E-state index in [0.29, 0.717) is 39.3 Å². The third kappa shape index (κ3) is 5.69. The highest BCUT2D eigenvalue weighted by atomic mass is 16.5. The first kappa shape index (κ1) is 23.6. The molecule has 2 aromatic carbocycles. The molecule has 0 saturated carbocycles. The molecule has 3 amide bonds. The number of rotatable bonds is 8. The summed E-state index contributed by atoms with van der Waals surface area (Å²) in [5, 5.41) is 2.80. The molecule has 1 N–H and O–H groups in total. The third-order valence-corrected chi connectivity index (χ3v) is 6.25. The van der Waals surface area contributed by atoms with E-state index in [0.717, 1.165) is 11.1 Å². The van der Waals surface area contributed by atoms with Crippen LogP contribution in [0.5, 0.6) is 0 Å². The Morgan fingerprint density at radius 1 is 0.941 bits per heavy atom. The SMILES string of the molecule is O=C(C(=O)N1CCOCC1)C(Cc1ccccc1)NC(=O)[C@@H]1CCC(=O)N1Cc1ccccc1. The van der Waals surface area contributed by atoms with E-state index in [-0.39, 0.29) is 18.7 Å². The number of morpholine rings is 1. The van der Waals surface area contributed by atoms with Gasteiger partial charge in [0, 0.05) is 32.5 Å². The fourth-order valence-electron chi connectivity index (χ4n) is 4.38. The first-order chi connectivity index (χ1) is 16.5. The van der Waals surface area contributed by atoms with Gasteiger partial charge >= 0.3 is 0 Å². The largest absolute Gasteiger partial charge is 0.378 e. The number of benzene rings is 2. The minimum absolute atomic E-state index is 0.0978. The molecule has 2 aliphatic rings. The van der Waals surface area contributed by atoms with Crippen LogP contribution < -0.4 is 5.32 Å². The van der Waals surface area contributed by atoms with Crippen molar-refractivity contribution in [2.75, 3.05) is 26.3 Å². The summed E-state index contributed by atoms with van der Waals surface area (Å²) in [5.41, 5.74) is 1.76. The van der Waals surface area contributed by atoms with Crippen molar-refractivity contribution in [3.8, 4) is 0 Å². The van der Waals surface area contributed by atoms with Gasteiger partial charge in [0.1, 0.15) is 12.1 Å². The van der Waals surface area contributed by atoms with Crippen molar-refractivity contribution in [1.29, 1.82) is 0 Å². The van der Waals surface area contributed by atoms with Crippen LogP contribution in [0.4, 0.5) is 0 Å². The molecular formula is C26H29N3O5. The van der Waals surface area contributed by atoms with Crippen molar-refractivity contribution in [3.63, 3.8) is 0 Å². The maximum Gasteiger partial charge on any atom is 0.292 e. The zero-order chi connectivity index (χ0) is 23.9. The molecule has 2 atom stereocenters. The molecule has 0 spiro atoms. The Balaban J connectivity index is 1.50. The second kappa shape index (κ2) is 11.1. The van der Waals surface area contributed by atoms with Crippen molar-refractivity contribution in [2.45, 2.75) is 37.9 Å². The smallest absolute Gasteiger partial charge is 0.292 e. The van der Waals surface area contributed by atoms with Gasteiger partial charge in [-0.2, -0.15) is 0 Å². The maximum absolute atomic E-state index is 13.3. The number of nitrogens with zero attached hydrogens (tertiary/aromatic N) is 2. The second-order valence-electron chi connectivity index (χ2n) is 8.58. The molecular weight excluding hydrogens is 434 g/mol. The van der Waals surface area contributed by atoms with Crippen molar-refractivity contribution in [1.82, 2.24) is 15.1 Å². The minimum atomic E-state index is -1.01. The van der Waals surface area contributed by atoms with Crippen LogP contribution in [-0.4, -0.2) is 71.7 Å². The molecule has 2 saturated heterocycles. The maximum atomic E-state index is 13.3. The standard InChI is InChI=1S/C26H29N3O5/c30-23-12-11-22(29(23)18-20-9-5-2-6-10-20)25(32)27-21(17-19-7-3-1-4-8-19)24(31)26(33)28-13-15-34-16-14-28/h1-10,21-22H,11-18H2,(H,27,32)/t21?,22-/m0/s1. The van der Waals surface area contributed by atoms with Gasteiger partial charge < -0.3 is 19.9 Å². The number of nitrogens with one attached hydrogen (secondary N) is 1. The van der Waals surface area contributed by atoms with Crippen molar-refractivity contribution in [3.05, 3.63) is 71.8 Å². The summed E-state index contributed by atoms with van der Waals surface area (Å²) in [6.45, 7) is 1.78. The van der Waals surface area contributed by atoms with Gasteiger partial charge in [0.25, 0.3) is 5.91 Å². The fraction of sp³-hybridized carbons (Fsp3) is 0.385. The van der Waals surface area contributed by atoms with E-state index >= 15 is 0 Å². The summed E-state index contributed by atoms with van der Waals surface area (Å²) in [6, 6.07) is 17.0. The molecule has 2 aliphatic heterocycles. The Bertz CT molecular complexity index is 1020. The molecule has 178 valence electrons. The monoisotopic (exact) mass is 463 g/mol. The zero-order valence-corrected chi connectivity index (χ0v) is 19.0. The van der Waals surface area contributed by atoms with E-state index in [1.165, 1.54) is 4.90 Å². The Morgan fingerprint density at radius 3 is 2.21 bits per heavy atom. The number of carbonyl (C=O) groups excluding carboxylic acids is 4. The van der Waals surface area contributed by atoms with E-state index in [9.17, 15) is 19.2 Å². The van der Waals surface area contributed by atoms with Gasteiger partial charge in [-0.1, -0.05) is 60.7 Å². The van der Waals surface area contributed by atoms with E-state index in [2.05, 4.69) is 5.32 Å². The molecule has 4 rings (SSSR count). The number of hydrogen-bond donors (Lipinski definition) is 1. The van der Waals surface area contributed by atoms with Gasteiger partial charge in [-0.3, -0.25) is 19.2 Å². The molecule has 2 fully saturated rings. The van der Waals surface area contributed by atoms with Crippen LogP contribution >= 0.6 is 0 Å². The Labute approximate surface area is 198 Å². The summed E-state index contributed by atoms with van der Waals surface area (Å²) in [5.74, 6) is -1.78. The molecule has 8 heteroatoms. The predicted molar refractivity (Wildman–Crippen MR) is 124 cm³/mol. The lowest BCUT2D eigenvalue weighted by molar-refractivity contribution is -0.149. The van der Waals surface area contributed by atoms with E-state index < -0.39 is 29.7 Å². The summed E-state index contributed by atoms with van der Waals surface area (Å²) >= 11 is 0. The van der Waals surface area contributed by atoms with Gasteiger partial charge in [-0.25, -0.2) is 0 Å². The van der Waals surface area contributed by atoms with Crippen LogP contribution in [0.1, 0.15) is 24.0 Å². The van der Waals surface area contributed by atoms with Gasteiger partial charge in [0.2, 0.25) is 17.6 Å². The van der Waals surface area contributed by atoms with Crippen LogP contribution in [0.2, 0.25) is 0 Å². The lowest BCUT2D eigenvalue weighted by Gasteiger charge is -2.29. The summed E-state index contributed by atoms with van der Waals surface area (Å²) in [4.78, 5) is 54.9.